The molecule has 6 nitrogen and oxygen atoms in total. The van der Waals surface area contributed by atoms with Gasteiger partial charge >= 0.3 is 0 Å². The van der Waals surface area contributed by atoms with Gasteiger partial charge in [-0.15, -0.1) is 23.3 Å². The van der Waals surface area contributed by atoms with Crippen molar-refractivity contribution in [3.63, 3.8) is 0 Å². The maximum atomic E-state index is 4.68. The van der Waals surface area contributed by atoms with E-state index in [1.807, 2.05) is 21.8 Å². The first-order valence-corrected chi connectivity index (χ1v) is 7.81. The van der Waals surface area contributed by atoms with Gasteiger partial charge in [0.05, 0.1) is 17.4 Å². The van der Waals surface area contributed by atoms with Crippen molar-refractivity contribution in [2.75, 3.05) is 0 Å². The molecule has 1 aromatic heterocycles. The lowest BCUT2D eigenvalue weighted by Crippen LogP contribution is -2.45. The second kappa shape index (κ2) is 6.02. The van der Waals surface area contributed by atoms with Gasteiger partial charge in [-0.25, -0.2) is 10.2 Å². The van der Waals surface area contributed by atoms with Gasteiger partial charge in [-0.3, -0.25) is 5.01 Å². The van der Waals surface area contributed by atoms with Crippen LogP contribution in [0.15, 0.2) is 40.6 Å². The number of rotatable bonds is 4. The van der Waals surface area contributed by atoms with Gasteiger partial charge in [0.2, 0.25) is 0 Å². The van der Waals surface area contributed by atoms with Gasteiger partial charge in [0, 0.05) is 6.04 Å². The van der Waals surface area contributed by atoms with E-state index in [0.717, 1.165) is 28.5 Å². The molecule has 22 heavy (non-hydrogen) atoms. The monoisotopic (exact) mass is 316 g/mol. The van der Waals surface area contributed by atoms with E-state index in [2.05, 4.69) is 66.8 Å². The second-order valence-electron chi connectivity index (χ2n) is 5.40. The fourth-order valence-corrected chi connectivity index (χ4v) is 2.81. The molecule has 0 unspecified atom stereocenters. The Bertz CT molecular complexity index is 706. The molecule has 116 valence electrons. The van der Waals surface area contributed by atoms with Crippen LogP contribution in [-0.4, -0.2) is 26.7 Å². The Kier molecular flexibility index (Phi) is 4.08. The quantitative estimate of drug-likeness (QED) is 0.756. The number of nitrogens with one attached hydrogen (secondary N) is 2. The molecule has 7 heteroatoms. The third kappa shape index (κ3) is 2.46. The van der Waals surface area contributed by atoms with Crippen molar-refractivity contribution < 1.29 is 0 Å². The van der Waals surface area contributed by atoms with Gasteiger partial charge in [-0.1, -0.05) is 25.1 Å². The first-order valence-electron chi connectivity index (χ1n) is 7.36. The first-order chi connectivity index (χ1) is 10.6. The van der Waals surface area contributed by atoms with Gasteiger partial charge in [-0.2, -0.15) is 5.10 Å². The van der Waals surface area contributed by atoms with E-state index in [0.29, 0.717) is 0 Å². The zero-order valence-electron chi connectivity index (χ0n) is 12.9. The van der Waals surface area contributed by atoms with Crippen molar-refractivity contribution in [3.05, 3.63) is 41.6 Å². The van der Waals surface area contributed by atoms with Crippen LogP contribution in [0.4, 0.5) is 0 Å². The number of benzene rings is 1. The van der Waals surface area contributed by atoms with Crippen LogP contribution in [-0.2, 0) is 6.42 Å². The molecule has 2 aromatic rings. The summed E-state index contributed by atoms with van der Waals surface area (Å²) in [4.78, 5) is 0. The summed E-state index contributed by atoms with van der Waals surface area (Å²) in [6.45, 7) is 6.31. The molecule has 0 saturated heterocycles. The van der Waals surface area contributed by atoms with Crippen LogP contribution in [0, 0.1) is 0 Å². The summed E-state index contributed by atoms with van der Waals surface area (Å²) in [7, 11) is 0. The molecule has 0 amide bonds. The van der Waals surface area contributed by atoms with E-state index < -0.39 is 0 Å². The Hall–Kier alpha value is -1.99. The lowest BCUT2D eigenvalue weighted by molar-refractivity contribution is 0.246. The van der Waals surface area contributed by atoms with Crippen LogP contribution in [0.5, 0.6) is 0 Å². The average Bonchev–Trinajstić information content (AvgIpc) is 3.13. The Morgan fingerprint density at radius 2 is 2.05 bits per heavy atom. The summed E-state index contributed by atoms with van der Waals surface area (Å²) in [5.41, 5.74) is 8.98. The van der Waals surface area contributed by atoms with E-state index in [9.17, 15) is 0 Å². The topological polar surface area (TPSA) is 57.5 Å². The zero-order valence-corrected chi connectivity index (χ0v) is 13.8. The molecule has 0 atom stereocenters. The minimum absolute atomic E-state index is 0.257. The maximum Gasteiger partial charge on any atom is 0.177 e. The Balaban J connectivity index is 2.03. The van der Waals surface area contributed by atoms with Crippen molar-refractivity contribution in [1.29, 1.82) is 0 Å². The molecule has 0 saturated carbocycles. The molecule has 1 aliphatic rings. The van der Waals surface area contributed by atoms with Crippen LogP contribution in [0.25, 0.3) is 5.69 Å². The SMILES string of the molecule is CCc1ccccc1-n1ncc(C2=NNNN2C(C)C)c1S. The highest BCUT2D eigenvalue weighted by Gasteiger charge is 2.25. The molecule has 3 rings (SSSR count). The molecule has 0 spiro atoms. The average molecular weight is 316 g/mol. The fourth-order valence-electron chi connectivity index (χ4n) is 2.49. The van der Waals surface area contributed by atoms with Gasteiger partial charge in [-0.05, 0) is 31.9 Å². The standard InChI is InChI=1S/C15H20N6S/c1-4-11-7-5-6-8-13(11)21-15(22)12(9-16-21)14-17-18-19-20(14)10(2)3/h5-10,18-19,22H,4H2,1-3H3. The minimum atomic E-state index is 0.257. The fraction of sp³-hybridized carbons (Fsp3) is 0.333. The highest BCUT2D eigenvalue weighted by atomic mass is 32.1. The van der Waals surface area contributed by atoms with Crippen LogP contribution in [0.1, 0.15) is 31.9 Å². The number of thiol groups is 1. The Morgan fingerprint density at radius 3 is 2.77 bits per heavy atom. The number of hydrazone groups is 1. The van der Waals surface area contributed by atoms with Crippen molar-refractivity contribution in [1.82, 2.24) is 25.9 Å². The molecular formula is C15H20N6S. The van der Waals surface area contributed by atoms with E-state index in [4.69, 9.17) is 0 Å². The maximum absolute atomic E-state index is 4.68. The number of amidine groups is 1. The lowest BCUT2D eigenvalue weighted by atomic mass is 10.1. The van der Waals surface area contributed by atoms with Gasteiger partial charge in [0.15, 0.2) is 5.84 Å². The molecular weight excluding hydrogens is 296 g/mol. The van der Waals surface area contributed by atoms with Crippen molar-refractivity contribution in [2.45, 2.75) is 38.3 Å². The van der Waals surface area contributed by atoms with E-state index >= 15 is 0 Å². The second-order valence-corrected chi connectivity index (χ2v) is 5.82. The third-order valence-electron chi connectivity index (χ3n) is 3.66. The van der Waals surface area contributed by atoms with Crippen molar-refractivity contribution >= 4 is 18.5 Å². The van der Waals surface area contributed by atoms with E-state index in [-0.39, 0.29) is 6.04 Å². The zero-order chi connectivity index (χ0) is 15.7. The van der Waals surface area contributed by atoms with Crippen molar-refractivity contribution in [3.8, 4) is 5.69 Å². The highest BCUT2D eigenvalue weighted by molar-refractivity contribution is 7.80. The molecule has 0 fully saturated rings. The minimum Gasteiger partial charge on any atom is -0.268 e. The van der Waals surface area contributed by atoms with Crippen LogP contribution >= 0.6 is 12.6 Å². The largest absolute Gasteiger partial charge is 0.268 e. The number of hydrazine groups is 2. The third-order valence-corrected chi connectivity index (χ3v) is 4.09. The lowest BCUT2D eigenvalue weighted by Gasteiger charge is -2.22. The number of hydrogen-bond acceptors (Lipinski definition) is 6. The van der Waals surface area contributed by atoms with Gasteiger partial charge < -0.3 is 0 Å². The molecule has 2 heterocycles. The predicted molar refractivity (Wildman–Crippen MR) is 90.0 cm³/mol. The predicted octanol–water partition coefficient (Wildman–Crippen LogP) is 2.12. The summed E-state index contributed by atoms with van der Waals surface area (Å²) in [6, 6.07) is 8.48. The van der Waals surface area contributed by atoms with Gasteiger partial charge in [0.25, 0.3) is 0 Å². The van der Waals surface area contributed by atoms with Crippen LogP contribution in [0.2, 0.25) is 0 Å². The van der Waals surface area contributed by atoms with E-state index in [1.165, 1.54) is 5.56 Å². The van der Waals surface area contributed by atoms with E-state index in [1.54, 1.807) is 6.20 Å². The molecule has 1 aliphatic heterocycles. The summed E-state index contributed by atoms with van der Waals surface area (Å²) < 4.78 is 1.86. The van der Waals surface area contributed by atoms with Crippen molar-refractivity contribution in [2.24, 2.45) is 5.10 Å². The summed E-state index contributed by atoms with van der Waals surface area (Å²) >= 11 is 4.68. The smallest absolute Gasteiger partial charge is 0.177 e. The molecule has 1 aromatic carbocycles. The first kappa shape index (κ1) is 14.9. The van der Waals surface area contributed by atoms with Crippen LogP contribution < -0.4 is 11.1 Å². The number of para-hydroxylation sites is 1. The highest BCUT2D eigenvalue weighted by Crippen LogP contribution is 2.23. The normalized spacial score (nSPS) is 14.4. The molecule has 0 bridgehead atoms. The Labute approximate surface area is 135 Å². The summed E-state index contributed by atoms with van der Waals surface area (Å²) in [5, 5.41) is 11.5. The Morgan fingerprint density at radius 1 is 1.27 bits per heavy atom. The number of aryl methyl sites for hydroxylation is 1. The number of nitrogens with zero attached hydrogens (tertiary/aromatic N) is 4. The number of hydrogen-bond donors (Lipinski definition) is 3. The number of aromatic nitrogens is 2. The molecule has 2 N–H and O–H groups in total. The summed E-state index contributed by atoms with van der Waals surface area (Å²) in [5.74, 6) is 0.792. The molecule has 0 radical (unpaired) electrons. The van der Waals surface area contributed by atoms with Crippen LogP contribution in [0.3, 0.4) is 0 Å². The summed E-state index contributed by atoms with van der Waals surface area (Å²) in [6.07, 6.45) is 2.75. The molecule has 0 aliphatic carbocycles. The van der Waals surface area contributed by atoms with Gasteiger partial charge in [0.1, 0.15) is 5.03 Å².